The van der Waals surface area contributed by atoms with Gasteiger partial charge in [0.1, 0.15) is 0 Å². The van der Waals surface area contributed by atoms with Crippen LogP contribution in [0.5, 0.6) is 0 Å². The average Bonchev–Trinajstić information content (AvgIpc) is 2.28. The first-order valence-electron chi connectivity index (χ1n) is 5.55. The summed E-state index contributed by atoms with van der Waals surface area (Å²) < 4.78 is 1.05. The van der Waals surface area contributed by atoms with Crippen molar-refractivity contribution in [3.8, 4) is 0 Å². The number of halogens is 1. The summed E-state index contributed by atoms with van der Waals surface area (Å²) >= 11 is 3.46. The molecule has 1 aromatic carbocycles. The number of amides is 1. The smallest absolute Gasteiger partial charge is 0.224 e. The number of piperidine rings is 1. The van der Waals surface area contributed by atoms with E-state index in [1.165, 1.54) is 0 Å². The minimum atomic E-state index is 0.0638. The lowest BCUT2D eigenvalue weighted by atomic mass is 10.0. The van der Waals surface area contributed by atoms with Crippen LogP contribution in [0.15, 0.2) is 41.0 Å². The largest absolute Gasteiger partial charge is 0.366 e. The predicted octanol–water partition coefficient (Wildman–Crippen LogP) is 2.68. The highest BCUT2D eigenvalue weighted by Gasteiger charge is 2.25. The molecule has 1 unspecified atom stereocenters. The Hall–Kier alpha value is -1.29. The molecule has 0 radical (unpaired) electrons. The zero-order valence-corrected chi connectivity index (χ0v) is 11.3. The summed E-state index contributed by atoms with van der Waals surface area (Å²) in [4.78, 5) is 13.4. The normalized spacial score (nSPS) is 20.0. The molecule has 1 saturated heterocycles. The maximum Gasteiger partial charge on any atom is 0.224 e. The SMILES string of the molecule is C=C1NC(=O)CCC1N(C)c1cccc(Br)c1. The van der Waals surface area contributed by atoms with Gasteiger partial charge in [0.2, 0.25) is 5.91 Å². The number of benzene rings is 1. The van der Waals surface area contributed by atoms with Crippen LogP contribution in [0, 0.1) is 0 Å². The third-order valence-electron chi connectivity index (χ3n) is 3.03. The average molecular weight is 295 g/mol. The molecule has 1 fully saturated rings. The van der Waals surface area contributed by atoms with Crippen molar-refractivity contribution in [1.82, 2.24) is 5.32 Å². The Morgan fingerprint density at radius 3 is 2.94 bits per heavy atom. The number of anilines is 1. The summed E-state index contributed by atoms with van der Waals surface area (Å²) in [6, 6.07) is 8.27. The lowest BCUT2D eigenvalue weighted by molar-refractivity contribution is -0.121. The quantitative estimate of drug-likeness (QED) is 0.910. The Labute approximate surface area is 110 Å². The van der Waals surface area contributed by atoms with E-state index in [1.807, 2.05) is 19.2 Å². The Kier molecular flexibility index (Phi) is 3.52. The van der Waals surface area contributed by atoms with Gasteiger partial charge in [0.25, 0.3) is 0 Å². The molecule has 0 bridgehead atoms. The predicted molar refractivity (Wildman–Crippen MR) is 72.8 cm³/mol. The van der Waals surface area contributed by atoms with E-state index in [-0.39, 0.29) is 11.9 Å². The van der Waals surface area contributed by atoms with Crippen LogP contribution in [-0.2, 0) is 4.79 Å². The molecule has 0 spiro atoms. The van der Waals surface area contributed by atoms with Crippen molar-refractivity contribution in [2.24, 2.45) is 0 Å². The van der Waals surface area contributed by atoms with Gasteiger partial charge < -0.3 is 10.2 Å². The van der Waals surface area contributed by atoms with Crippen LogP contribution in [-0.4, -0.2) is 19.0 Å². The van der Waals surface area contributed by atoms with Gasteiger partial charge in [0.15, 0.2) is 0 Å². The van der Waals surface area contributed by atoms with Crippen LogP contribution < -0.4 is 10.2 Å². The monoisotopic (exact) mass is 294 g/mol. The molecule has 3 nitrogen and oxygen atoms in total. The molecule has 0 aliphatic carbocycles. The molecule has 1 aromatic rings. The van der Waals surface area contributed by atoms with Gasteiger partial charge in [-0.05, 0) is 24.6 Å². The van der Waals surface area contributed by atoms with Gasteiger partial charge in [-0.1, -0.05) is 28.6 Å². The second-order valence-electron chi connectivity index (χ2n) is 4.22. The molecule has 0 saturated carbocycles. The molecule has 1 aliphatic heterocycles. The summed E-state index contributed by atoms with van der Waals surface area (Å²) in [5.41, 5.74) is 1.89. The topological polar surface area (TPSA) is 32.3 Å². The maximum atomic E-state index is 11.2. The molecule has 1 N–H and O–H groups in total. The van der Waals surface area contributed by atoms with Crippen LogP contribution in [0.25, 0.3) is 0 Å². The minimum Gasteiger partial charge on any atom is -0.366 e. The summed E-state index contributed by atoms with van der Waals surface area (Å²) in [6.45, 7) is 3.93. The molecule has 1 heterocycles. The Morgan fingerprint density at radius 1 is 1.53 bits per heavy atom. The standard InChI is InChI=1S/C13H15BrN2O/c1-9-12(6-7-13(17)15-9)16(2)11-5-3-4-10(14)8-11/h3-5,8,12H,1,6-7H2,2H3,(H,15,17). The lowest BCUT2D eigenvalue weighted by Crippen LogP contribution is -2.44. The number of carbonyl (C=O) groups excluding carboxylic acids is 1. The molecule has 1 atom stereocenters. The van der Waals surface area contributed by atoms with Crippen molar-refractivity contribution in [2.45, 2.75) is 18.9 Å². The zero-order chi connectivity index (χ0) is 12.4. The van der Waals surface area contributed by atoms with Crippen LogP contribution in [0.2, 0.25) is 0 Å². The first kappa shape index (κ1) is 12.2. The van der Waals surface area contributed by atoms with Crippen molar-refractivity contribution in [3.05, 3.63) is 41.0 Å². The van der Waals surface area contributed by atoms with Gasteiger partial charge in [0, 0.05) is 29.3 Å². The van der Waals surface area contributed by atoms with E-state index in [9.17, 15) is 4.79 Å². The van der Waals surface area contributed by atoms with Crippen molar-refractivity contribution in [2.75, 3.05) is 11.9 Å². The molecule has 17 heavy (non-hydrogen) atoms. The molecule has 0 aromatic heterocycles. The fourth-order valence-corrected chi connectivity index (χ4v) is 2.46. The van der Waals surface area contributed by atoms with Gasteiger partial charge in [-0.2, -0.15) is 0 Å². The third-order valence-corrected chi connectivity index (χ3v) is 3.52. The summed E-state index contributed by atoms with van der Waals surface area (Å²) in [5, 5.41) is 2.81. The van der Waals surface area contributed by atoms with Gasteiger partial charge in [-0.25, -0.2) is 0 Å². The number of rotatable bonds is 2. The van der Waals surface area contributed by atoms with Gasteiger partial charge in [-0.3, -0.25) is 4.79 Å². The van der Waals surface area contributed by atoms with Crippen LogP contribution >= 0.6 is 15.9 Å². The van der Waals surface area contributed by atoms with Crippen molar-refractivity contribution < 1.29 is 4.79 Å². The fraction of sp³-hybridized carbons (Fsp3) is 0.308. The first-order valence-corrected chi connectivity index (χ1v) is 6.34. The molecular weight excluding hydrogens is 280 g/mol. The summed E-state index contributed by atoms with van der Waals surface area (Å²) in [5.74, 6) is 0.0638. The Balaban J connectivity index is 2.17. The van der Waals surface area contributed by atoms with Crippen molar-refractivity contribution in [1.29, 1.82) is 0 Å². The number of carbonyl (C=O) groups is 1. The maximum absolute atomic E-state index is 11.2. The van der Waals surface area contributed by atoms with Gasteiger partial charge in [-0.15, -0.1) is 0 Å². The van der Waals surface area contributed by atoms with E-state index in [0.717, 1.165) is 22.3 Å². The molecule has 90 valence electrons. The Morgan fingerprint density at radius 2 is 2.29 bits per heavy atom. The van der Waals surface area contributed by atoms with E-state index >= 15 is 0 Å². The zero-order valence-electron chi connectivity index (χ0n) is 9.74. The second-order valence-corrected chi connectivity index (χ2v) is 5.13. The third kappa shape index (κ3) is 2.69. The number of hydrogen-bond acceptors (Lipinski definition) is 2. The number of nitrogens with zero attached hydrogens (tertiary/aromatic N) is 1. The van der Waals surface area contributed by atoms with Gasteiger partial charge in [0.05, 0.1) is 6.04 Å². The van der Waals surface area contributed by atoms with Crippen molar-refractivity contribution in [3.63, 3.8) is 0 Å². The summed E-state index contributed by atoms with van der Waals surface area (Å²) in [6.07, 6.45) is 1.37. The first-order chi connectivity index (χ1) is 8.08. The van der Waals surface area contributed by atoms with Crippen LogP contribution in [0.1, 0.15) is 12.8 Å². The highest BCUT2D eigenvalue weighted by atomic mass is 79.9. The van der Waals surface area contributed by atoms with E-state index in [0.29, 0.717) is 6.42 Å². The van der Waals surface area contributed by atoms with Crippen molar-refractivity contribution >= 4 is 27.5 Å². The van der Waals surface area contributed by atoms with Crippen LogP contribution in [0.3, 0.4) is 0 Å². The van der Waals surface area contributed by atoms with E-state index < -0.39 is 0 Å². The molecular formula is C13H15BrN2O. The molecule has 2 rings (SSSR count). The molecule has 1 aliphatic rings. The number of likely N-dealkylation sites (N-methyl/N-ethyl adjacent to an activating group) is 1. The molecule has 4 heteroatoms. The number of hydrogen-bond donors (Lipinski definition) is 1. The van der Waals surface area contributed by atoms with E-state index in [1.54, 1.807) is 0 Å². The molecule has 1 amide bonds. The Bertz CT molecular complexity index is 458. The van der Waals surface area contributed by atoms with E-state index in [4.69, 9.17) is 0 Å². The minimum absolute atomic E-state index is 0.0638. The van der Waals surface area contributed by atoms with Gasteiger partial charge >= 0.3 is 0 Å². The summed E-state index contributed by atoms with van der Waals surface area (Å²) in [7, 11) is 2.02. The highest BCUT2D eigenvalue weighted by molar-refractivity contribution is 9.10. The van der Waals surface area contributed by atoms with E-state index in [2.05, 4.69) is 44.9 Å². The highest BCUT2D eigenvalue weighted by Crippen LogP contribution is 2.25. The van der Waals surface area contributed by atoms with Crippen LogP contribution in [0.4, 0.5) is 5.69 Å². The second kappa shape index (κ2) is 4.92. The fourth-order valence-electron chi connectivity index (χ4n) is 2.07. The number of nitrogens with one attached hydrogen (secondary N) is 1. The lowest BCUT2D eigenvalue weighted by Gasteiger charge is -2.34.